The van der Waals surface area contributed by atoms with Crippen molar-refractivity contribution in [1.82, 2.24) is 10.2 Å². The van der Waals surface area contributed by atoms with E-state index in [2.05, 4.69) is 37.0 Å². The van der Waals surface area contributed by atoms with Gasteiger partial charge >= 0.3 is 6.03 Å². The fourth-order valence-electron chi connectivity index (χ4n) is 1.91. The zero-order valence-corrected chi connectivity index (χ0v) is 12.2. The number of allylic oxidation sites excluding steroid dienone is 5. The second-order valence-corrected chi connectivity index (χ2v) is 4.73. The predicted octanol–water partition coefficient (Wildman–Crippen LogP) is 3.43. The standard InChI is InChI=1S/C16H24N2O/c1-5-13(3)7-8-14(4)15-9-11-18(12-10-15)16(19)17-6-2/h5,7-9H,1,6,10-12H2,2-4H3,(H,17,19). The van der Waals surface area contributed by atoms with E-state index in [1.807, 2.05) is 24.8 Å². The summed E-state index contributed by atoms with van der Waals surface area (Å²) in [6.07, 6.45) is 9.09. The molecule has 0 fully saturated rings. The lowest BCUT2D eigenvalue weighted by atomic mass is 10.00. The number of hydrogen-bond acceptors (Lipinski definition) is 1. The number of urea groups is 1. The Labute approximate surface area is 116 Å². The molecule has 3 nitrogen and oxygen atoms in total. The van der Waals surface area contributed by atoms with Gasteiger partial charge in [0.05, 0.1) is 0 Å². The number of nitrogens with one attached hydrogen (secondary N) is 1. The van der Waals surface area contributed by atoms with Crippen molar-refractivity contribution in [3.8, 4) is 0 Å². The van der Waals surface area contributed by atoms with Crippen LogP contribution in [0.4, 0.5) is 4.79 Å². The minimum absolute atomic E-state index is 0.0295. The molecule has 1 N–H and O–H groups in total. The second kappa shape index (κ2) is 7.62. The van der Waals surface area contributed by atoms with E-state index in [-0.39, 0.29) is 6.03 Å². The molecule has 104 valence electrons. The van der Waals surface area contributed by atoms with Crippen LogP contribution in [0.2, 0.25) is 0 Å². The predicted molar refractivity (Wildman–Crippen MR) is 81.1 cm³/mol. The average Bonchev–Trinajstić information content (AvgIpc) is 2.44. The average molecular weight is 260 g/mol. The number of rotatable bonds is 4. The number of amides is 2. The molecule has 1 aliphatic heterocycles. The Hall–Kier alpha value is -1.77. The van der Waals surface area contributed by atoms with Crippen molar-refractivity contribution in [1.29, 1.82) is 0 Å². The lowest BCUT2D eigenvalue weighted by molar-refractivity contribution is 0.202. The summed E-state index contributed by atoms with van der Waals surface area (Å²) in [6, 6.07) is 0.0295. The molecule has 1 aliphatic rings. The molecule has 0 aliphatic carbocycles. The molecule has 0 radical (unpaired) electrons. The van der Waals surface area contributed by atoms with E-state index in [9.17, 15) is 4.79 Å². The highest BCUT2D eigenvalue weighted by atomic mass is 16.2. The molecule has 0 unspecified atom stereocenters. The van der Waals surface area contributed by atoms with Crippen LogP contribution in [-0.2, 0) is 0 Å². The summed E-state index contributed by atoms with van der Waals surface area (Å²) in [7, 11) is 0. The maximum Gasteiger partial charge on any atom is 0.317 e. The fourth-order valence-corrected chi connectivity index (χ4v) is 1.91. The maximum atomic E-state index is 11.7. The smallest absolute Gasteiger partial charge is 0.317 e. The molecule has 19 heavy (non-hydrogen) atoms. The van der Waals surface area contributed by atoms with Crippen molar-refractivity contribution in [2.75, 3.05) is 19.6 Å². The van der Waals surface area contributed by atoms with Crippen LogP contribution in [0.15, 0.2) is 47.6 Å². The van der Waals surface area contributed by atoms with E-state index in [1.165, 1.54) is 11.1 Å². The molecule has 0 aromatic heterocycles. The largest absolute Gasteiger partial charge is 0.338 e. The van der Waals surface area contributed by atoms with E-state index in [4.69, 9.17) is 0 Å². The molecule has 0 atom stereocenters. The normalized spacial score (nSPS) is 17.0. The van der Waals surface area contributed by atoms with Gasteiger partial charge in [-0.25, -0.2) is 4.79 Å². The van der Waals surface area contributed by atoms with Crippen LogP contribution in [0.3, 0.4) is 0 Å². The van der Waals surface area contributed by atoms with Gasteiger partial charge in [-0.2, -0.15) is 0 Å². The lowest BCUT2D eigenvalue weighted by Gasteiger charge is -2.26. The first-order valence-corrected chi connectivity index (χ1v) is 6.78. The zero-order valence-electron chi connectivity index (χ0n) is 12.2. The van der Waals surface area contributed by atoms with Gasteiger partial charge in [0.25, 0.3) is 0 Å². The van der Waals surface area contributed by atoms with Crippen molar-refractivity contribution in [3.05, 3.63) is 47.6 Å². The third-order valence-corrected chi connectivity index (χ3v) is 3.25. The molecule has 0 aromatic carbocycles. The Morgan fingerprint density at radius 3 is 2.74 bits per heavy atom. The van der Waals surface area contributed by atoms with Gasteiger partial charge in [0.15, 0.2) is 0 Å². The van der Waals surface area contributed by atoms with E-state index < -0.39 is 0 Å². The van der Waals surface area contributed by atoms with Gasteiger partial charge in [-0.1, -0.05) is 36.5 Å². The summed E-state index contributed by atoms with van der Waals surface area (Å²) in [6.45, 7) is 12.0. The number of nitrogens with zero attached hydrogens (tertiary/aromatic N) is 1. The molecule has 1 heterocycles. The van der Waals surface area contributed by atoms with Crippen molar-refractivity contribution in [2.24, 2.45) is 0 Å². The van der Waals surface area contributed by atoms with E-state index in [0.29, 0.717) is 13.1 Å². The molecule has 0 saturated carbocycles. The topological polar surface area (TPSA) is 32.3 Å². The fraction of sp³-hybridized carbons (Fsp3) is 0.438. The van der Waals surface area contributed by atoms with Crippen molar-refractivity contribution in [2.45, 2.75) is 27.2 Å². The van der Waals surface area contributed by atoms with Crippen LogP contribution in [0.5, 0.6) is 0 Å². The van der Waals surface area contributed by atoms with Gasteiger partial charge < -0.3 is 10.2 Å². The van der Waals surface area contributed by atoms with Crippen LogP contribution in [0.25, 0.3) is 0 Å². The Bertz CT molecular complexity index is 430. The minimum atomic E-state index is 0.0295. The molecule has 2 amide bonds. The molecule has 0 spiro atoms. The van der Waals surface area contributed by atoms with Gasteiger partial charge in [0.2, 0.25) is 0 Å². The van der Waals surface area contributed by atoms with Crippen LogP contribution in [0.1, 0.15) is 27.2 Å². The zero-order chi connectivity index (χ0) is 14.3. The van der Waals surface area contributed by atoms with Crippen molar-refractivity contribution < 1.29 is 4.79 Å². The van der Waals surface area contributed by atoms with Gasteiger partial charge in [0, 0.05) is 19.6 Å². The summed E-state index contributed by atoms with van der Waals surface area (Å²) in [5, 5.41) is 2.83. The summed E-state index contributed by atoms with van der Waals surface area (Å²) in [4.78, 5) is 13.5. The number of carbonyl (C=O) groups excluding carboxylic acids is 1. The monoisotopic (exact) mass is 260 g/mol. The summed E-state index contributed by atoms with van der Waals surface area (Å²) in [5.74, 6) is 0. The van der Waals surface area contributed by atoms with Gasteiger partial charge in [-0.15, -0.1) is 0 Å². The number of hydrogen-bond donors (Lipinski definition) is 1. The number of carbonyl (C=O) groups is 1. The quantitative estimate of drug-likeness (QED) is 0.772. The Balaban J connectivity index is 2.64. The van der Waals surface area contributed by atoms with Crippen molar-refractivity contribution in [3.63, 3.8) is 0 Å². The molecule has 0 bridgehead atoms. The Kier molecular flexibility index (Phi) is 6.13. The SMILES string of the molecule is C=CC(C)=CC=C(C)C1=CCN(C(=O)NCC)CC1. The van der Waals surface area contributed by atoms with Crippen molar-refractivity contribution >= 4 is 6.03 Å². The molecule has 1 rings (SSSR count). The van der Waals surface area contributed by atoms with Crippen LogP contribution < -0.4 is 5.32 Å². The highest BCUT2D eigenvalue weighted by Gasteiger charge is 2.16. The van der Waals surface area contributed by atoms with Gasteiger partial charge in [0.1, 0.15) is 0 Å². The van der Waals surface area contributed by atoms with Crippen LogP contribution >= 0.6 is 0 Å². The van der Waals surface area contributed by atoms with E-state index in [1.54, 1.807) is 0 Å². The second-order valence-electron chi connectivity index (χ2n) is 4.73. The lowest BCUT2D eigenvalue weighted by Crippen LogP contribution is -2.42. The molecule has 0 aromatic rings. The summed E-state index contributed by atoms with van der Waals surface area (Å²) >= 11 is 0. The minimum Gasteiger partial charge on any atom is -0.338 e. The third-order valence-electron chi connectivity index (χ3n) is 3.25. The first-order chi connectivity index (χ1) is 9.08. The van der Waals surface area contributed by atoms with E-state index >= 15 is 0 Å². The maximum absolute atomic E-state index is 11.7. The summed E-state index contributed by atoms with van der Waals surface area (Å²) < 4.78 is 0. The highest BCUT2D eigenvalue weighted by Crippen LogP contribution is 2.19. The van der Waals surface area contributed by atoms with Crippen LogP contribution in [-0.4, -0.2) is 30.6 Å². The molecular weight excluding hydrogens is 236 g/mol. The molecule has 0 saturated heterocycles. The van der Waals surface area contributed by atoms with Gasteiger partial charge in [-0.05, 0) is 38.3 Å². The van der Waals surface area contributed by atoms with E-state index in [0.717, 1.165) is 18.5 Å². The third kappa shape index (κ3) is 4.78. The van der Waals surface area contributed by atoms with Crippen LogP contribution in [0, 0.1) is 0 Å². The Morgan fingerprint density at radius 1 is 1.47 bits per heavy atom. The Morgan fingerprint density at radius 2 is 2.21 bits per heavy atom. The first-order valence-electron chi connectivity index (χ1n) is 6.78. The summed E-state index contributed by atoms with van der Waals surface area (Å²) in [5.41, 5.74) is 3.74. The molecular formula is C16H24N2O. The highest BCUT2D eigenvalue weighted by molar-refractivity contribution is 5.74. The first kappa shape index (κ1) is 15.3. The van der Waals surface area contributed by atoms with Gasteiger partial charge in [-0.3, -0.25) is 0 Å². The molecule has 3 heteroatoms.